The number of fused-ring (bicyclic) bond motifs is 1. The molecule has 1 aromatic heterocycles. The third-order valence-corrected chi connectivity index (χ3v) is 11.9. The lowest BCUT2D eigenvalue weighted by atomic mass is 9.93. The molecule has 1 saturated heterocycles. The molecule has 0 aliphatic carbocycles. The molecule has 6 rings (SSSR count). The monoisotopic (exact) mass is 849 g/mol. The number of Topliss-reactive ketones (excluding diaryl/α,β-unsaturated/α-hetero) is 2. The maximum Gasteiger partial charge on any atom is 0.408 e. The number of rotatable bonds is 21. The number of nitrogens with one attached hydrogen (secondary N) is 3. The van der Waals surface area contributed by atoms with Gasteiger partial charge in [0.05, 0.1) is 38.3 Å². The Bertz CT molecular complexity index is 2320. The molecule has 4 aromatic carbocycles. The molecule has 0 saturated carbocycles. The van der Waals surface area contributed by atoms with E-state index in [4.69, 9.17) is 21.1 Å². The number of carbonyl (C=O) groups is 3. The zero-order chi connectivity index (χ0) is 43.2. The third kappa shape index (κ3) is 13.0. The molecule has 0 bridgehead atoms. The predicted molar refractivity (Wildman–Crippen MR) is 240 cm³/mol. The topological polar surface area (TPSA) is 147 Å². The lowest BCUT2D eigenvalue weighted by molar-refractivity contribution is -0.910. The number of phenolic OH excluding ortho intramolecular Hbond substituents is 1. The number of likely N-dealkylation sites (N-methyl/N-ethyl adjacent to an activating group) is 1. The van der Waals surface area contributed by atoms with Crippen LogP contribution in [0.15, 0.2) is 108 Å². The summed E-state index contributed by atoms with van der Waals surface area (Å²) < 4.78 is 12.8. The van der Waals surface area contributed by atoms with Gasteiger partial charge in [-0.05, 0) is 73.0 Å². The Balaban J connectivity index is 0.914. The molecule has 11 nitrogen and oxygen atoms in total. The lowest BCUT2D eigenvalue weighted by Gasteiger charge is -2.43. The number of pyridine rings is 1. The standard InChI is InChI=1S/C49H57ClN4O7/c1-34-25-27-54(2,32-44(57)35-15-9-8-10-16-35)33-45(34)61-49(59)53-47(36-17-13-19-38(50)29-36)37-18-14-20-39(30-37)60-28-12-7-5-3-4-6-11-26-51-31-43(56)40-21-23-42(55)48-41(40)22-24-46(58)52-48/h8-10,13-24,29-30,34,45,47,51H,3-7,11-12,25-28,31-33H2,1-2H3,(H2-,52,53,55,56,58,59)/p+1/t34?,45-,47?,54?/m0/s1. The second kappa shape index (κ2) is 21.9. The Labute approximate surface area is 363 Å². The number of carbonyl (C=O) groups excluding carboxylic acids is 3. The fourth-order valence-corrected chi connectivity index (χ4v) is 8.29. The van der Waals surface area contributed by atoms with Crippen molar-refractivity contribution >= 4 is 40.2 Å². The largest absolute Gasteiger partial charge is 0.506 e. The lowest BCUT2D eigenvalue weighted by Crippen LogP contribution is -2.58. The number of unbranched alkanes of at least 4 members (excludes halogenated alkanes) is 6. The van der Waals surface area contributed by atoms with Crippen LogP contribution in [0.25, 0.3) is 10.9 Å². The van der Waals surface area contributed by atoms with E-state index in [1.807, 2.05) is 72.8 Å². The molecule has 61 heavy (non-hydrogen) atoms. The summed E-state index contributed by atoms with van der Waals surface area (Å²) in [6, 6.07) is 29.9. The molecule has 1 aliphatic rings. The van der Waals surface area contributed by atoms with E-state index in [1.54, 1.807) is 18.2 Å². The van der Waals surface area contributed by atoms with Gasteiger partial charge in [-0.3, -0.25) is 14.4 Å². The molecular weight excluding hydrogens is 792 g/mol. The number of phenols is 1. The number of quaternary nitrogens is 1. The zero-order valence-corrected chi connectivity index (χ0v) is 35.9. The molecule has 4 N–H and O–H groups in total. The van der Waals surface area contributed by atoms with Crippen molar-refractivity contribution in [3.63, 3.8) is 0 Å². The van der Waals surface area contributed by atoms with Gasteiger partial charge >= 0.3 is 6.09 Å². The Kier molecular flexibility index (Phi) is 16.1. The number of nitrogens with zero attached hydrogens (tertiary/aromatic N) is 1. The molecule has 4 atom stereocenters. The zero-order valence-electron chi connectivity index (χ0n) is 35.2. The summed E-state index contributed by atoms with van der Waals surface area (Å²) in [4.78, 5) is 53.9. The van der Waals surface area contributed by atoms with Crippen LogP contribution in [0.3, 0.4) is 0 Å². The van der Waals surface area contributed by atoms with E-state index in [9.17, 15) is 24.3 Å². The van der Waals surface area contributed by atoms with Crippen molar-refractivity contribution in [1.82, 2.24) is 15.6 Å². The van der Waals surface area contributed by atoms with E-state index in [2.05, 4.69) is 29.6 Å². The Hall–Kier alpha value is -5.49. The van der Waals surface area contributed by atoms with Gasteiger partial charge in [0.1, 0.15) is 24.6 Å². The molecule has 0 spiro atoms. The molecule has 2 heterocycles. The second-order valence-corrected chi connectivity index (χ2v) is 17.0. The van der Waals surface area contributed by atoms with Gasteiger partial charge < -0.3 is 34.7 Å². The number of halogens is 1. The summed E-state index contributed by atoms with van der Waals surface area (Å²) in [5.41, 5.74) is 2.76. The van der Waals surface area contributed by atoms with Crippen LogP contribution < -0.4 is 20.9 Å². The van der Waals surface area contributed by atoms with Crippen LogP contribution in [0.2, 0.25) is 5.02 Å². The van der Waals surface area contributed by atoms with Crippen molar-refractivity contribution in [2.75, 3.05) is 46.4 Å². The van der Waals surface area contributed by atoms with Crippen molar-refractivity contribution in [3.8, 4) is 11.5 Å². The number of alkyl carbamates (subject to hydrolysis) is 1. The van der Waals surface area contributed by atoms with E-state index < -0.39 is 12.1 Å². The number of likely N-dealkylation sites (tertiary alicyclic amines) is 1. The first-order valence-corrected chi connectivity index (χ1v) is 21.8. The number of aromatic hydroxyl groups is 1. The number of aromatic amines is 1. The highest BCUT2D eigenvalue weighted by molar-refractivity contribution is 6.30. The minimum absolute atomic E-state index is 0.0613. The highest BCUT2D eigenvalue weighted by Crippen LogP contribution is 2.30. The smallest absolute Gasteiger partial charge is 0.408 e. The average molecular weight is 850 g/mol. The Morgan fingerprint density at radius 3 is 2.34 bits per heavy atom. The maximum absolute atomic E-state index is 13.6. The van der Waals surface area contributed by atoms with Crippen molar-refractivity contribution in [1.29, 1.82) is 0 Å². The fourth-order valence-electron chi connectivity index (χ4n) is 8.09. The van der Waals surface area contributed by atoms with Gasteiger partial charge in [0.2, 0.25) is 11.3 Å². The number of ether oxygens (including phenoxy) is 2. The average Bonchev–Trinajstić information content (AvgIpc) is 3.25. The van der Waals surface area contributed by atoms with Crippen molar-refractivity contribution in [2.24, 2.45) is 5.92 Å². The van der Waals surface area contributed by atoms with E-state index in [0.717, 1.165) is 81.3 Å². The van der Waals surface area contributed by atoms with Crippen LogP contribution in [0, 0.1) is 5.92 Å². The number of hydrogen-bond donors (Lipinski definition) is 4. The van der Waals surface area contributed by atoms with Gasteiger partial charge in [-0.2, -0.15) is 0 Å². The molecule has 12 heteroatoms. The van der Waals surface area contributed by atoms with Crippen LogP contribution in [-0.2, 0) is 4.74 Å². The first-order chi connectivity index (χ1) is 29.5. The number of hydrogen-bond acceptors (Lipinski definition) is 8. The SMILES string of the molecule is CC1CC[N+](C)(CC(=O)c2ccccc2)C[C@@H]1OC(=O)NC(c1cccc(Cl)c1)c1cccc(OCCCCCCCCCNCC(=O)c2ccc(O)c3[nH]c(=O)ccc23)c1. The predicted octanol–water partition coefficient (Wildman–Crippen LogP) is 9.02. The van der Waals surface area contributed by atoms with Crippen LogP contribution in [0.1, 0.15) is 96.2 Å². The third-order valence-electron chi connectivity index (χ3n) is 11.6. The van der Waals surface area contributed by atoms with Gasteiger partial charge in [0, 0.05) is 39.9 Å². The first-order valence-electron chi connectivity index (χ1n) is 21.4. The van der Waals surface area contributed by atoms with Crippen molar-refractivity contribution < 1.29 is 33.4 Å². The van der Waals surface area contributed by atoms with Crippen molar-refractivity contribution in [3.05, 3.63) is 141 Å². The number of H-pyrrole nitrogens is 1. The van der Waals surface area contributed by atoms with Gasteiger partial charge in [-0.15, -0.1) is 0 Å². The van der Waals surface area contributed by atoms with Crippen molar-refractivity contribution in [2.45, 2.75) is 70.4 Å². The molecule has 1 amide bonds. The molecule has 1 fully saturated rings. The normalized spacial score (nSPS) is 18.0. The molecule has 322 valence electrons. The fraction of sp³-hybridized carbons (Fsp3) is 0.388. The van der Waals surface area contributed by atoms with Crippen LogP contribution in [-0.4, -0.2) is 84.7 Å². The number of aromatic nitrogens is 1. The number of piperidine rings is 1. The highest BCUT2D eigenvalue weighted by atomic mass is 35.5. The highest BCUT2D eigenvalue weighted by Gasteiger charge is 2.39. The Morgan fingerprint density at radius 1 is 0.852 bits per heavy atom. The quantitative estimate of drug-likeness (QED) is 0.0325. The van der Waals surface area contributed by atoms with E-state index in [1.165, 1.54) is 12.1 Å². The second-order valence-electron chi connectivity index (χ2n) is 16.6. The molecule has 3 unspecified atom stereocenters. The maximum atomic E-state index is 13.6. The summed E-state index contributed by atoms with van der Waals surface area (Å²) in [6.07, 6.45) is 7.31. The Morgan fingerprint density at radius 2 is 1.57 bits per heavy atom. The van der Waals surface area contributed by atoms with Gasteiger partial charge in [0.15, 0.2) is 11.9 Å². The summed E-state index contributed by atoms with van der Waals surface area (Å²) in [5, 5.41) is 17.5. The van der Waals surface area contributed by atoms with Gasteiger partial charge in [-0.25, -0.2) is 4.79 Å². The van der Waals surface area contributed by atoms with Gasteiger partial charge in [-0.1, -0.05) is 105 Å². The van der Waals surface area contributed by atoms with Crippen LogP contribution >= 0.6 is 11.6 Å². The van der Waals surface area contributed by atoms with Gasteiger partial charge in [0.25, 0.3) is 0 Å². The summed E-state index contributed by atoms with van der Waals surface area (Å²) in [7, 11) is 2.06. The van der Waals surface area contributed by atoms with E-state index >= 15 is 0 Å². The first kappa shape index (κ1) is 45.0. The minimum Gasteiger partial charge on any atom is -0.506 e. The van der Waals surface area contributed by atoms with Crippen LogP contribution in [0.5, 0.6) is 11.5 Å². The van der Waals surface area contributed by atoms with Crippen LogP contribution in [0.4, 0.5) is 4.79 Å². The summed E-state index contributed by atoms with van der Waals surface area (Å²) in [6.45, 7) is 5.32. The number of amides is 1. The molecular formula is C49H58ClN4O7+. The minimum atomic E-state index is -0.530. The van der Waals surface area contributed by atoms with E-state index in [0.29, 0.717) is 45.7 Å². The number of ketones is 2. The summed E-state index contributed by atoms with van der Waals surface area (Å²) >= 11 is 6.42. The summed E-state index contributed by atoms with van der Waals surface area (Å²) in [5.74, 6) is 0.794. The van der Waals surface area contributed by atoms with E-state index in [-0.39, 0.29) is 47.0 Å². The molecule has 0 radical (unpaired) electrons. The molecule has 5 aromatic rings. The molecule has 1 aliphatic heterocycles. The number of benzene rings is 4.